The van der Waals surface area contributed by atoms with Crippen LogP contribution in [0.1, 0.15) is 12.8 Å². The van der Waals surface area contributed by atoms with Crippen LogP contribution in [0.4, 0.5) is 16.4 Å². The molecule has 0 saturated carbocycles. The van der Waals surface area contributed by atoms with Crippen molar-refractivity contribution in [3.63, 3.8) is 0 Å². The zero-order valence-corrected chi connectivity index (χ0v) is 16.1. The maximum absolute atomic E-state index is 11.1. The fourth-order valence-electron chi connectivity index (χ4n) is 3.69. The Kier molecular flexibility index (Phi) is 5.07. The second-order valence-electron chi connectivity index (χ2n) is 7.13. The number of anilines is 2. The van der Waals surface area contributed by atoms with E-state index in [0.717, 1.165) is 40.6 Å². The number of nitrogens with zero attached hydrogens (tertiary/aromatic N) is 3. The summed E-state index contributed by atoms with van der Waals surface area (Å²) in [5, 5.41) is 27.5. The summed E-state index contributed by atoms with van der Waals surface area (Å²) in [5.41, 5.74) is 2.63. The molecule has 2 aromatic carbocycles. The van der Waals surface area contributed by atoms with Crippen LogP contribution in [-0.4, -0.2) is 57.4 Å². The third-order valence-electron chi connectivity index (χ3n) is 5.24. The van der Waals surface area contributed by atoms with E-state index in [1.54, 1.807) is 25.4 Å². The summed E-state index contributed by atoms with van der Waals surface area (Å²) < 4.78 is 0. The molecule has 1 saturated heterocycles. The number of phenols is 1. The van der Waals surface area contributed by atoms with E-state index < -0.39 is 6.09 Å². The van der Waals surface area contributed by atoms with Gasteiger partial charge in [-0.15, -0.1) is 0 Å². The van der Waals surface area contributed by atoms with Crippen molar-refractivity contribution in [2.75, 3.05) is 30.8 Å². The number of nitrogens with one attached hydrogen (secondary N) is 2. The number of phenolic OH excluding ortho intramolecular Hbond substituents is 1. The molecule has 1 aliphatic heterocycles. The topological polar surface area (TPSA) is 111 Å². The van der Waals surface area contributed by atoms with Crippen molar-refractivity contribution in [3.05, 3.63) is 42.6 Å². The fraction of sp³-hybridized carbons (Fsp3) is 0.286. The maximum Gasteiger partial charge on any atom is 0.407 e. The first-order valence-corrected chi connectivity index (χ1v) is 9.56. The van der Waals surface area contributed by atoms with Crippen LogP contribution in [0, 0.1) is 0 Å². The van der Waals surface area contributed by atoms with Crippen LogP contribution in [0.15, 0.2) is 42.6 Å². The molecule has 1 aliphatic rings. The third-order valence-corrected chi connectivity index (χ3v) is 5.24. The van der Waals surface area contributed by atoms with Gasteiger partial charge < -0.3 is 25.7 Å². The number of benzene rings is 2. The third kappa shape index (κ3) is 4.01. The Morgan fingerprint density at radius 1 is 1.17 bits per heavy atom. The Balaban J connectivity index is 1.69. The minimum atomic E-state index is -0.870. The van der Waals surface area contributed by atoms with Gasteiger partial charge in [-0.05, 0) is 48.6 Å². The van der Waals surface area contributed by atoms with Crippen LogP contribution in [0.2, 0.25) is 0 Å². The highest BCUT2D eigenvalue weighted by atomic mass is 16.4. The molecule has 2 heterocycles. The Hall–Kier alpha value is -3.55. The molecule has 1 aromatic heterocycles. The fourth-order valence-corrected chi connectivity index (χ4v) is 3.69. The normalized spacial score (nSPS) is 14.7. The lowest BCUT2D eigenvalue weighted by Crippen LogP contribution is -2.41. The Bertz CT molecular complexity index is 1050. The number of hydrogen-bond acceptors (Lipinski definition) is 6. The lowest BCUT2D eigenvalue weighted by atomic mass is 10.00. The molecule has 1 amide bonds. The number of piperidine rings is 1. The van der Waals surface area contributed by atoms with Crippen LogP contribution < -0.4 is 10.6 Å². The highest BCUT2D eigenvalue weighted by Crippen LogP contribution is 2.33. The molecule has 0 atom stereocenters. The van der Waals surface area contributed by atoms with E-state index in [9.17, 15) is 9.90 Å². The summed E-state index contributed by atoms with van der Waals surface area (Å²) >= 11 is 0. The molecule has 4 N–H and O–H groups in total. The number of rotatable bonds is 4. The highest BCUT2D eigenvalue weighted by Gasteiger charge is 2.22. The van der Waals surface area contributed by atoms with Crippen LogP contribution in [0.3, 0.4) is 0 Å². The average molecular weight is 393 g/mol. The number of carbonyl (C=O) groups is 1. The summed E-state index contributed by atoms with van der Waals surface area (Å²) in [6, 6.07) is 11.4. The first kappa shape index (κ1) is 18.8. The summed E-state index contributed by atoms with van der Waals surface area (Å²) in [4.78, 5) is 21.3. The van der Waals surface area contributed by atoms with Crippen molar-refractivity contribution >= 4 is 28.5 Å². The van der Waals surface area contributed by atoms with Gasteiger partial charge in [0, 0.05) is 49.0 Å². The number of aromatic nitrogens is 2. The summed E-state index contributed by atoms with van der Waals surface area (Å²) in [5.74, 6) is 0.748. The van der Waals surface area contributed by atoms with Gasteiger partial charge in [-0.25, -0.2) is 14.8 Å². The summed E-state index contributed by atoms with van der Waals surface area (Å²) in [7, 11) is 1.78. The quantitative estimate of drug-likeness (QED) is 0.536. The minimum absolute atomic E-state index is 0.157. The minimum Gasteiger partial charge on any atom is -0.508 e. The Morgan fingerprint density at radius 3 is 2.69 bits per heavy atom. The van der Waals surface area contributed by atoms with Crippen LogP contribution in [0.5, 0.6) is 5.75 Å². The van der Waals surface area contributed by atoms with Crippen molar-refractivity contribution < 1.29 is 15.0 Å². The molecule has 0 radical (unpaired) electrons. The standard InChI is InChI=1S/C21H23N5O3/c1-22-20-23-7-4-18(25-20)14-10-13-2-3-16(27)12-17(13)19(11-14)24-15-5-8-26(9-6-15)21(28)29/h2-4,7,10-12,15,24,27H,5-6,8-9H2,1H3,(H,28,29)(H,22,23,25). The molecular weight excluding hydrogens is 370 g/mol. The van der Waals surface area contributed by atoms with Gasteiger partial charge in [-0.1, -0.05) is 6.07 Å². The molecule has 1 fully saturated rings. The van der Waals surface area contributed by atoms with Crippen molar-refractivity contribution in [2.45, 2.75) is 18.9 Å². The van der Waals surface area contributed by atoms with Gasteiger partial charge in [0.2, 0.25) is 5.95 Å². The summed E-state index contributed by atoms with van der Waals surface area (Å²) in [6.45, 7) is 1.01. The predicted octanol–water partition coefficient (Wildman–Crippen LogP) is 3.60. The van der Waals surface area contributed by atoms with E-state index in [1.807, 2.05) is 24.3 Å². The molecular formula is C21H23N5O3. The van der Waals surface area contributed by atoms with E-state index in [2.05, 4.69) is 20.6 Å². The van der Waals surface area contributed by atoms with E-state index in [4.69, 9.17) is 5.11 Å². The Morgan fingerprint density at radius 2 is 1.97 bits per heavy atom. The largest absolute Gasteiger partial charge is 0.508 e. The van der Waals surface area contributed by atoms with E-state index >= 15 is 0 Å². The van der Waals surface area contributed by atoms with Crippen LogP contribution in [0.25, 0.3) is 22.0 Å². The van der Waals surface area contributed by atoms with Crippen molar-refractivity contribution in [3.8, 4) is 17.0 Å². The zero-order chi connectivity index (χ0) is 20.4. The number of fused-ring (bicyclic) bond motifs is 1. The molecule has 8 nitrogen and oxygen atoms in total. The lowest BCUT2D eigenvalue weighted by molar-refractivity contribution is 0.134. The van der Waals surface area contributed by atoms with Crippen molar-refractivity contribution in [1.82, 2.24) is 14.9 Å². The molecule has 0 unspecified atom stereocenters. The van der Waals surface area contributed by atoms with E-state index in [1.165, 1.54) is 4.90 Å². The first-order valence-electron chi connectivity index (χ1n) is 9.56. The SMILES string of the molecule is CNc1nccc(-c2cc(NC3CCN(C(=O)O)CC3)c3cc(O)ccc3c2)n1. The average Bonchev–Trinajstić information content (AvgIpc) is 2.74. The highest BCUT2D eigenvalue weighted by molar-refractivity contribution is 5.98. The number of aromatic hydroxyl groups is 1. The van der Waals surface area contributed by atoms with Gasteiger partial charge in [0.25, 0.3) is 0 Å². The lowest BCUT2D eigenvalue weighted by Gasteiger charge is -2.31. The number of hydrogen-bond donors (Lipinski definition) is 4. The van der Waals surface area contributed by atoms with Gasteiger partial charge >= 0.3 is 6.09 Å². The number of likely N-dealkylation sites (tertiary alicyclic amines) is 1. The Labute approximate surface area is 168 Å². The molecule has 29 heavy (non-hydrogen) atoms. The van der Waals surface area contributed by atoms with Gasteiger partial charge in [0.15, 0.2) is 0 Å². The van der Waals surface area contributed by atoms with Gasteiger partial charge in [0.1, 0.15) is 5.75 Å². The molecule has 150 valence electrons. The number of amides is 1. The van der Waals surface area contributed by atoms with Gasteiger partial charge in [-0.2, -0.15) is 0 Å². The predicted molar refractivity (Wildman–Crippen MR) is 112 cm³/mol. The van der Waals surface area contributed by atoms with Crippen molar-refractivity contribution in [2.24, 2.45) is 0 Å². The molecule has 0 spiro atoms. The van der Waals surface area contributed by atoms with Crippen molar-refractivity contribution in [1.29, 1.82) is 0 Å². The molecule has 4 rings (SSSR count). The van der Waals surface area contributed by atoms with Gasteiger partial charge in [-0.3, -0.25) is 0 Å². The monoisotopic (exact) mass is 393 g/mol. The van der Waals surface area contributed by atoms with Gasteiger partial charge in [0.05, 0.1) is 5.69 Å². The second-order valence-corrected chi connectivity index (χ2v) is 7.13. The molecule has 0 aliphatic carbocycles. The molecule has 8 heteroatoms. The second kappa shape index (κ2) is 7.83. The van der Waals surface area contributed by atoms with Crippen LogP contribution >= 0.6 is 0 Å². The van der Waals surface area contributed by atoms with Crippen LogP contribution in [-0.2, 0) is 0 Å². The zero-order valence-electron chi connectivity index (χ0n) is 16.1. The van der Waals surface area contributed by atoms with E-state index in [0.29, 0.717) is 19.0 Å². The molecule has 0 bridgehead atoms. The smallest absolute Gasteiger partial charge is 0.407 e. The molecule has 3 aromatic rings. The maximum atomic E-state index is 11.1. The summed E-state index contributed by atoms with van der Waals surface area (Å²) in [6.07, 6.45) is 2.30. The van der Waals surface area contributed by atoms with E-state index in [-0.39, 0.29) is 11.8 Å². The number of carboxylic acid groups (broad SMARTS) is 1. The first-order chi connectivity index (χ1) is 14.0.